The molecular formula is C7H12BrNO3. The number of rotatable bonds is 2. The van der Waals surface area contributed by atoms with Crippen molar-refractivity contribution in [2.24, 2.45) is 0 Å². The van der Waals surface area contributed by atoms with Crippen molar-refractivity contribution in [3.63, 3.8) is 0 Å². The normalized spacial score (nSPS) is 20.9. The summed E-state index contributed by atoms with van der Waals surface area (Å²) in [6.07, 6.45) is 2.58. The topological polar surface area (TPSA) is 66.4 Å². The fourth-order valence-corrected chi connectivity index (χ4v) is 0.895. The maximum Gasteiger partial charge on any atom is 0.320 e. The van der Waals surface area contributed by atoms with Gasteiger partial charge in [0, 0.05) is 0 Å². The molecular weight excluding hydrogens is 226 g/mol. The fraction of sp³-hybridized carbons (Fsp3) is 0.714. The minimum Gasteiger partial charge on any atom is -0.480 e. The van der Waals surface area contributed by atoms with Crippen molar-refractivity contribution in [3.05, 3.63) is 0 Å². The lowest BCUT2D eigenvalue weighted by molar-refractivity contribution is -0.139. The van der Waals surface area contributed by atoms with Gasteiger partial charge in [0.15, 0.2) is 0 Å². The number of hydrogen-bond donors (Lipinski definition) is 2. The minimum absolute atomic E-state index is 0.269. The zero-order valence-electron chi connectivity index (χ0n) is 6.62. The average molecular weight is 238 g/mol. The fourth-order valence-electron chi connectivity index (χ4n) is 0.895. The zero-order chi connectivity index (χ0) is 9.40. The van der Waals surface area contributed by atoms with Crippen molar-refractivity contribution in [2.45, 2.75) is 18.9 Å². The van der Waals surface area contributed by atoms with Crippen LogP contribution in [0.25, 0.3) is 0 Å². The van der Waals surface area contributed by atoms with Gasteiger partial charge in [0.1, 0.15) is 12.3 Å². The van der Waals surface area contributed by atoms with Crippen LogP contribution in [0, 0.1) is 0 Å². The Morgan fingerprint density at radius 2 is 2.33 bits per heavy atom. The summed E-state index contributed by atoms with van der Waals surface area (Å²) < 4.78 is 0. The van der Waals surface area contributed by atoms with Gasteiger partial charge >= 0.3 is 5.97 Å². The molecule has 12 heavy (non-hydrogen) atoms. The van der Waals surface area contributed by atoms with E-state index in [1.54, 1.807) is 0 Å². The SMILES string of the molecule is O=C(O)C1CCCN1.O=CCBr. The number of carboxylic acid groups (broad SMARTS) is 1. The predicted octanol–water partition coefficient (Wildman–Crippen LogP) is 0.403. The van der Waals surface area contributed by atoms with Crippen LogP contribution in [0.4, 0.5) is 0 Å². The molecule has 70 valence electrons. The summed E-state index contributed by atoms with van der Waals surface area (Å²) in [4.78, 5) is 19.3. The van der Waals surface area contributed by atoms with E-state index in [1.807, 2.05) is 0 Å². The molecule has 0 amide bonds. The van der Waals surface area contributed by atoms with E-state index in [2.05, 4.69) is 21.2 Å². The van der Waals surface area contributed by atoms with Crippen molar-refractivity contribution in [2.75, 3.05) is 11.9 Å². The first-order valence-electron chi connectivity index (χ1n) is 3.68. The molecule has 1 aliphatic rings. The molecule has 0 aromatic rings. The van der Waals surface area contributed by atoms with E-state index in [1.165, 1.54) is 0 Å². The molecule has 5 heteroatoms. The summed E-state index contributed by atoms with van der Waals surface area (Å²) in [5, 5.41) is 11.7. The number of carbonyl (C=O) groups is 2. The van der Waals surface area contributed by atoms with E-state index in [0.717, 1.165) is 25.7 Å². The Hall–Kier alpha value is -0.420. The van der Waals surface area contributed by atoms with Gasteiger partial charge in [-0.2, -0.15) is 0 Å². The smallest absolute Gasteiger partial charge is 0.320 e. The van der Waals surface area contributed by atoms with Crippen LogP contribution in [0.2, 0.25) is 0 Å². The molecule has 1 rings (SSSR count). The van der Waals surface area contributed by atoms with Gasteiger partial charge in [-0.05, 0) is 19.4 Å². The first-order valence-corrected chi connectivity index (χ1v) is 4.80. The van der Waals surface area contributed by atoms with Crippen LogP contribution >= 0.6 is 15.9 Å². The molecule has 2 N–H and O–H groups in total. The van der Waals surface area contributed by atoms with E-state index in [0.29, 0.717) is 5.33 Å². The molecule has 0 bridgehead atoms. The monoisotopic (exact) mass is 237 g/mol. The molecule has 0 radical (unpaired) electrons. The van der Waals surface area contributed by atoms with Gasteiger partial charge in [-0.3, -0.25) is 4.79 Å². The number of alkyl halides is 1. The predicted molar refractivity (Wildman–Crippen MR) is 48.5 cm³/mol. The lowest BCUT2D eigenvalue weighted by atomic mass is 10.2. The Kier molecular flexibility index (Phi) is 6.99. The van der Waals surface area contributed by atoms with Crippen LogP contribution in [-0.2, 0) is 9.59 Å². The van der Waals surface area contributed by atoms with Gasteiger partial charge in [-0.15, -0.1) is 0 Å². The van der Waals surface area contributed by atoms with Gasteiger partial charge in [0.2, 0.25) is 0 Å². The van der Waals surface area contributed by atoms with Crippen LogP contribution in [0.1, 0.15) is 12.8 Å². The highest BCUT2D eigenvalue weighted by atomic mass is 79.9. The molecule has 4 nitrogen and oxygen atoms in total. The van der Waals surface area contributed by atoms with Gasteiger partial charge in [0.25, 0.3) is 0 Å². The Labute approximate surface area is 79.5 Å². The lowest BCUT2D eigenvalue weighted by Crippen LogP contribution is -2.29. The second kappa shape index (κ2) is 7.24. The highest BCUT2D eigenvalue weighted by molar-refractivity contribution is 9.09. The molecule has 0 aromatic carbocycles. The van der Waals surface area contributed by atoms with Crippen LogP contribution in [0.5, 0.6) is 0 Å². The third kappa shape index (κ3) is 5.26. The minimum atomic E-state index is -0.720. The van der Waals surface area contributed by atoms with E-state index in [4.69, 9.17) is 9.90 Å². The van der Waals surface area contributed by atoms with Crippen molar-refractivity contribution in [1.82, 2.24) is 5.32 Å². The van der Waals surface area contributed by atoms with Crippen molar-refractivity contribution >= 4 is 28.2 Å². The second-order valence-corrected chi connectivity index (χ2v) is 2.96. The maximum atomic E-state index is 10.1. The van der Waals surface area contributed by atoms with Crippen molar-refractivity contribution in [1.29, 1.82) is 0 Å². The molecule has 0 aliphatic carbocycles. The summed E-state index contributed by atoms with van der Waals surface area (Å²) in [7, 11) is 0. The maximum absolute atomic E-state index is 10.1. The second-order valence-electron chi connectivity index (χ2n) is 2.31. The number of carbonyl (C=O) groups excluding carboxylic acids is 1. The summed E-state index contributed by atoms with van der Waals surface area (Å²) in [6.45, 7) is 0.858. The largest absolute Gasteiger partial charge is 0.480 e. The number of carboxylic acids is 1. The molecule has 1 atom stereocenters. The van der Waals surface area contributed by atoms with Gasteiger partial charge in [-0.25, -0.2) is 0 Å². The summed E-state index contributed by atoms with van der Waals surface area (Å²) in [5.41, 5.74) is 0. The molecule has 0 saturated carbocycles. The lowest BCUT2D eigenvalue weighted by Gasteiger charge is -1.99. The molecule has 1 fully saturated rings. The third-order valence-electron chi connectivity index (χ3n) is 1.42. The Morgan fingerprint density at radius 3 is 2.50 bits per heavy atom. The van der Waals surface area contributed by atoms with Crippen LogP contribution < -0.4 is 5.32 Å². The van der Waals surface area contributed by atoms with E-state index < -0.39 is 5.97 Å². The Bertz CT molecular complexity index is 146. The van der Waals surface area contributed by atoms with Crippen LogP contribution in [-0.4, -0.2) is 35.3 Å². The summed E-state index contributed by atoms with van der Waals surface area (Å²) in [6, 6.07) is -0.269. The molecule has 1 heterocycles. The third-order valence-corrected chi connectivity index (χ3v) is 1.69. The molecule has 0 spiro atoms. The van der Waals surface area contributed by atoms with Crippen LogP contribution in [0.15, 0.2) is 0 Å². The number of aliphatic carboxylic acids is 1. The Balaban J connectivity index is 0.000000261. The number of nitrogens with one attached hydrogen (secondary N) is 1. The standard InChI is InChI=1S/C5H9NO2.C2H3BrO/c7-5(8)4-2-1-3-6-4;3-1-2-4/h4,6H,1-3H2,(H,7,8);2H,1H2. The molecule has 1 aliphatic heterocycles. The van der Waals surface area contributed by atoms with Gasteiger partial charge in [-0.1, -0.05) is 15.9 Å². The number of halogens is 1. The summed E-state index contributed by atoms with van der Waals surface area (Å²) in [5.74, 6) is -0.720. The van der Waals surface area contributed by atoms with E-state index in [9.17, 15) is 4.79 Å². The highest BCUT2D eigenvalue weighted by Gasteiger charge is 2.20. The molecule has 1 saturated heterocycles. The number of aldehydes is 1. The quantitative estimate of drug-likeness (QED) is 0.540. The first kappa shape index (κ1) is 11.6. The van der Waals surface area contributed by atoms with E-state index >= 15 is 0 Å². The Morgan fingerprint density at radius 1 is 1.75 bits per heavy atom. The first-order chi connectivity index (χ1) is 5.72. The van der Waals surface area contributed by atoms with Gasteiger partial charge in [0.05, 0.1) is 5.33 Å². The van der Waals surface area contributed by atoms with Crippen molar-refractivity contribution in [3.8, 4) is 0 Å². The zero-order valence-corrected chi connectivity index (χ0v) is 8.21. The number of hydrogen-bond acceptors (Lipinski definition) is 3. The van der Waals surface area contributed by atoms with E-state index in [-0.39, 0.29) is 6.04 Å². The highest BCUT2D eigenvalue weighted by Crippen LogP contribution is 2.03. The van der Waals surface area contributed by atoms with Crippen molar-refractivity contribution < 1.29 is 14.7 Å². The molecule has 0 aromatic heterocycles. The molecule has 1 unspecified atom stereocenters. The van der Waals surface area contributed by atoms with Crippen LogP contribution in [0.3, 0.4) is 0 Å². The average Bonchev–Trinajstić information content (AvgIpc) is 2.57. The van der Waals surface area contributed by atoms with Gasteiger partial charge < -0.3 is 15.2 Å². The summed E-state index contributed by atoms with van der Waals surface area (Å²) >= 11 is 2.88.